The van der Waals surface area contributed by atoms with Gasteiger partial charge in [0.25, 0.3) is 5.91 Å². The number of amides is 1. The van der Waals surface area contributed by atoms with Gasteiger partial charge in [0.2, 0.25) is 0 Å². The highest BCUT2D eigenvalue weighted by Crippen LogP contribution is 2.07. The van der Waals surface area contributed by atoms with E-state index in [9.17, 15) is 9.59 Å². The maximum absolute atomic E-state index is 12.4. The van der Waals surface area contributed by atoms with Crippen LogP contribution in [0, 0.1) is 5.92 Å². The molecule has 0 saturated heterocycles. The van der Waals surface area contributed by atoms with Crippen LogP contribution in [0.15, 0.2) is 24.5 Å². The summed E-state index contributed by atoms with van der Waals surface area (Å²) in [5.74, 6) is -1.66. The largest absolute Gasteiger partial charge is 0.481 e. The van der Waals surface area contributed by atoms with E-state index in [-0.39, 0.29) is 12.5 Å². The van der Waals surface area contributed by atoms with Gasteiger partial charge in [-0.25, -0.2) is 0 Å². The standard InChI is InChI=1S/C14H21N3O3/c1-11(14(19)20)10-17(9-8-16(2)3)13(18)12-4-6-15-7-5-12/h4-7,11H,8-10H2,1-3H3,(H,19,20). The molecule has 1 aromatic heterocycles. The molecule has 1 N–H and O–H groups in total. The summed E-state index contributed by atoms with van der Waals surface area (Å²) in [5.41, 5.74) is 0.524. The van der Waals surface area contributed by atoms with E-state index in [1.165, 1.54) is 0 Å². The predicted molar refractivity (Wildman–Crippen MR) is 75.5 cm³/mol. The zero-order chi connectivity index (χ0) is 15.1. The fourth-order valence-electron chi connectivity index (χ4n) is 1.68. The molecule has 0 radical (unpaired) electrons. The Bertz CT molecular complexity index is 448. The van der Waals surface area contributed by atoms with E-state index in [4.69, 9.17) is 5.11 Å². The van der Waals surface area contributed by atoms with E-state index in [0.29, 0.717) is 18.7 Å². The van der Waals surface area contributed by atoms with Crippen LogP contribution in [0.25, 0.3) is 0 Å². The normalized spacial score (nSPS) is 12.2. The molecule has 0 aliphatic heterocycles. The molecule has 1 unspecified atom stereocenters. The van der Waals surface area contributed by atoms with Gasteiger partial charge in [-0.05, 0) is 26.2 Å². The first-order valence-electron chi connectivity index (χ1n) is 6.48. The van der Waals surface area contributed by atoms with Crippen LogP contribution in [0.3, 0.4) is 0 Å². The third-order valence-electron chi connectivity index (χ3n) is 2.95. The number of hydrogen-bond acceptors (Lipinski definition) is 4. The molecule has 1 atom stereocenters. The van der Waals surface area contributed by atoms with Crippen molar-refractivity contribution in [2.24, 2.45) is 5.92 Å². The Morgan fingerprint density at radius 2 is 1.85 bits per heavy atom. The number of nitrogens with zero attached hydrogens (tertiary/aromatic N) is 3. The van der Waals surface area contributed by atoms with Crippen molar-refractivity contribution in [1.82, 2.24) is 14.8 Å². The first-order chi connectivity index (χ1) is 9.41. The number of pyridine rings is 1. The van der Waals surface area contributed by atoms with Crippen LogP contribution in [0.5, 0.6) is 0 Å². The van der Waals surface area contributed by atoms with Gasteiger partial charge in [-0.3, -0.25) is 14.6 Å². The average molecular weight is 279 g/mol. The average Bonchev–Trinajstić information content (AvgIpc) is 2.43. The molecule has 6 heteroatoms. The fraction of sp³-hybridized carbons (Fsp3) is 0.500. The van der Waals surface area contributed by atoms with Crippen LogP contribution in [0.2, 0.25) is 0 Å². The molecule has 0 bridgehead atoms. The summed E-state index contributed by atoms with van der Waals surface area (Å²) in [4.78, 5) is 30.8. The Balaban J connectivity index is 2.80. The lowest BCUT2D eigenvalue weighted by Crippen LogP contribution is -2.40. The highest BCUT2D eigenvalue weighted by atomic mass is 16.4. The maximum Gasteiger partial charge on any atom is 0.308 e. The molecule has 1 heterocycles. The Hall–Kier alpha value is -1.95. The molecule has 0 aliphatic rings. The summed E-state index contributed by atoms with van der Waals surface area (Å²) in [6.45, 7) is 2.98. The molecule has 0 aliphatic carbocycles. The highest BCUT2D eigenvalue weighted by Gasteiger charge is 2.21. The molecule has 1 rings (SSSR count). The van der Waals surface area contributed by atoms with E-state index in [0.717, 1.165) is 0 Å². The number of aliphatic carboxylic acids is 1. The zero-order valence-corrected chi connectivity index (χ0v) is 12.1. The van der Waals surface area contributed by atoms with Gasteiger partial charge in [0.05, 0.1) is 5.92 Å². The molecular formula is C14H21N3O3. The Morgan fingerprint density at radius 1 is 1.25 bits per heavy atom. The number of aromatic nitrogens is 1. The molecule has 0 fully saturated rings. The van der Waals surface area contributed by atoms with Gasteiger partial charge in [0.15, 0.2) is 0 Å². The van der Waals surface area contributed by atoms with Gasteiger partial charge >= 0.3 is 5.97 Å². The predicted octanol–water partition coefficient (Wildman–Crippen LogP) is 0.806. The Labute approximate surface area is 119 Å². The second-order valence-corrected chi connectivity index (χ2v) is 5.03. The third kappa shape index (κ3) is 4.97. The summed E-state index contributed by atoms with van der Waals surface area (Å²) < 4.78 is 0. The van der Waals surface area contributed by atoms with Crippen LogP contribution in [-0.2, 0) is 4.79 Å². The van der Waals surface area contributed by atoms with Crippen molar-refractivity contribution in [2.45, 2.75) is 6.92 Å². The molecule has 20 heavy (non-hydrogen) atoms. The lowest BCUT2D eigenvalue weighted by atomic mass is 10.1. The second kappa shape index (κ2) is 7.59. The maximum atomic E-state index is 12.4. The number of carbonyl (C=O) groups is 2. The molecule has 0 spiro atoms. The zero-order valence-electron chi connectivity index (χ0n) is 12.1. The quantitative estimate of drug-likeness (QED) is 0.799. The molecule has 0 saturated carbocycles. The molecule has 1 aromatic rings. The van der Waals surface area contributed by atoms with Crippen molar-refractivity contribution in [3.05, 3.63) is 30.1 Å². The Morgan fingerprint density at radius 3 is 2.35 bits per heavy atom. The molecular weight excluding hydrogens is 258 g/mol. The second-order valence-electron chi connectivity index (χ2n) is 5.03. The van der Waals surface area contributed by atoms with Crippen molar-refractivity contribution in [1.29, 1.82) is 0 Å². The third-order valence-corrected chi connectivity index (χ3v) is 2.95. The fourth-order valence-corrected chi connectivity index (χ4v) is 1.68. The summed E-state index contributed by atoms with van der Waals surface area (Å²) in [6, 6.07) is 3.27. The van der Waals surface area contributed by atoms with E-state index in [2.05, 4.69) is 4.98 Å². The van der Waals surface area contributed by atoms with Gasteiger partial charge < -0.3 is 14.9 Å². The smallest absolute Gasteiger partial charge is 0.308 e. The molecule has 1 amide bonds. The minimum Gasteiger partial charge on any atom is -0.481 e. The van der Waals surface area contributed by atoms with E-state index >= 15 is 0 Å². The number of carboxylic acid groups (broad SMARTS) is 1. The van der Waals surface area contributed by atoms with Crippen molar-refractivity contribution in [2.75, 3.05) is 33.7 Å². The first-order valence-corrected chi connectivity index (χ1v) is 6.48. The summed E-state index contributed by atoms with van der Waals surface area (Å²) in [7, 11) is 3.82. The van der Waals surface area contributed by atoms with Crippen molar-refractivity contribution in [3.63, 3.8) is 0 Å². The molecule has 110 valence electrons. The van der Waals surface area contributed by atoms with Gasteiger partial charge in [0, 0.05) is 37.6 Å². The first kappa shape index (κ1) is 16.1. The lowest BCUT2D eigenvalue weighted by molar-refractivity contribution is -0.141. The SMILES string of the molecule is CC(CN(CCN(C)C)C(=O)c1ccncc1)C(=O)O. The monoisotopic (exact) mass is 279 g/mol. The minimum absolute atomic E-state index is 0.164. The number of carboxylic acids is 1. The number of likely N-dealkylation sites (N-methyl/N-ethyl adjacent to an activating group) is 1. The van der Waals surface area contributed by atoms with Crippen molar-refractivity contribution in [3.8, 4) is 0 Å². The van der Waals surface area contributed by atoms with E-state index in [1.54, 1.807) is 36.4 Å². The Kier molecular flexibility index (Phi) is 6.11. The number of hydrogen-bond donors (Lipinski definition) is 1. The van der Waals surface area contributed by atoms with Crippen LogP contribution in [-0.4, -0.2) is 65.5 Å². The van der Waals surface area contributed by atoms with Gasteiger partial charge in [-0.15, -0.1) is 0 Å². The summed E-state index contributed by atoms with van der Waals surface area (Å²) >= 11 is 0. The summed E-state index contributed by atoms with van der Waals surface area (Å²) in [6.07, 6.45) is 3.11. The minimum atomic E-state index is -0.901. The van der Waals surface area contributed by atoms with Crippen LogP contribution in [0.4, 0.5) is 0 Å². The lowest BCUT2D eigenvalue weighted by Gasteiger charge is -2.26. The van der Waals surface area contributed by atoms with Crippen LogP contribution >= 0.6 is 0 Å². The van der Waals surface area contributed by atoms with Crippen molar-refractivity contribution < 1.29 is 14.7 Å². The molecule has 6 nitrogen and oxygen atoms in total. The topological polar surface area (TPSA) is 73.7 Å². The number of carbonyl (C=O) groups excluding carboxylic acids is 1. The van der Waals surface area contributed by atoms with E-state index in [1.807, 2.05) is 19.0 Å². The van der Waals surface area contributed by atoms with Gasteiger partial charge in [0.1, 0.15) is 0 Å². The van der Waals surface area contributed by atoms with Crippen LogP contribution in [0.1, 0.15) is 17.3 Å². The molecule has 0 aromatic carbocycles. The van der Waals surface area contributed by atoms with E-state index < -0.39 is 11.9 Å². The highest BCUT2D eigenvalue weighted by molar-refractivity contribution is 5.94. The summed E-state index contributed by atoms with van der Waals surface area (Å²) in [5, 5.41) is 9.00. The number of rotatable bonds is 7. The van der Waals surface area contributed by atoms with Crippen LogP contribution < -0.4 is 0 Å². The van der Waals surface area contributed by atoms with Gasteiger partial charge in [-0.1, -0.05) is 6.92 Å². The van der Waals surface area contributed by atoms with Gasteiger partial charge in [-0.2, -0.15) is 0 Å². The van der Waals surface area contributed by atoms with Crippen molar-refractivity contribution >= 4 is 11.9 Å².